The van der Waals surface area contributed by atoms with Crippen molar-refractivity contribution in [1.29, 1.82) is 0 Å². The molecule has 1 atom stereocenters. The number of imide groups is 1. The zero-order chi connectivity index (χ0) is 29.4. The van der Waals surface area contributed by atoms with Gasteiger partial charge in [-0.25, -0.2) is 9.59 Å². The van der Waals surface area contributed by atoms with Crippen molar-refractivity contribution in [2.24, 2.45) is 0 Å². The smallest absolute Gasteiger partial charge is 0.413 e. The number of carbonyl (C=O) groups excluding carboxylic acids is 4. The van der Waals surface area contributed by atoms with Gasteiger partial charge in [-0.1, -0.05) is 78.9 Å². The van der Waals surface area contributed by atoms with Gasteiger partial charge in [-0.2, -0.15) is 0 Å². The Balaban J connectivity index is 1.35. The van der Waals surface area contributed by atoms with Crippen molar-refractivity contribution >= 4 is 24.1 Å². The number of ether oxygens (including phenoxy) is 3. The lowest BCUT2D eigenvalue weighted by molar-refractivity contribution is -0.145. The number of amides is 3. The van der Waals surface area contributed by atoms with Crippen LogP contribution in [0.25, 0.3) is 11.1 Å². The van der Waals surface area contributed by atoms with Crippen LogP contribution in [-0.4, -0.2) is 42.3 Å². The molecule has 214 valence electrons. The molecule has 1 aliphatic rings. The maximum absolute atomic E-state index is 13.0. The second-order valence-electron chi connectivity index (χ2n) is 10.7. The fourth-order valence-corrected chi connectivity index (χ4v) is 4.61. The highest BCUT2D eigenvalue weighted by Gasteiger charge is 2.30. The number of rotatable bonds is 9. The Labute approximate surface area is 239 Å². The van der Waals surface area contributed by atoms with Crippen molar-refractivity contribution in [3.8, 4) is 11.1 Å². The minimum atomic E-state index is -1.24. The Kier molecular flexibility index (Phi) is 9.39. The van der Waals surface area contributed by atoms with E-state index in [-0.39, 0.29) is 32.0 Å². The van der Waals surface area contributed by atoms with E-state index >= 15 is 0 Å². The van der Waals surface area contributed by atoms with E-state index in [1.807, 2.05) is 78.9 Å². The Morgan fingerprint density at radius 1 is 0.780 bits per heavy atom. The summed E-state index contributed by atoms with van der Waals surface area (Å²) in [6.07, 6.45) is -2.11. The fourth-order valence-electron chi connectivity index (χ4n) is 4.61. The summed E-state index contributed by atoms with van der Waals surface area (Å²) in [6.45, 7) is 5.14. The van der Waals surface area contributed by atoms with Crippen molar-refractivity contribution in [2.75, 3.05) is 6.61 Å². The molecular formula is C32H34N2O7. The van der Waals surface area contributed by atoms with Crippen molar-refractivity contribution in [3.05, 3.63) is 95.6 Å². The maximum atomic E-state index is 13.0. The molecule has 0 spiro atoms. The van der Waals surface area contributed by atoms with E-state index in [9.17, 15) is 19.2 Å². The first kappa shape index (κ1) is 29.3. The van der Waals surface area contributed by atoms with Crippen LogP contribution >= 0.6 is 0 Å². The molecule has 1 aliphatic carbocycles. The second kappa shape index (κ2) is 13.1. The number of hydrogen-bond donors (Lipinski definition) is 2. The quantitative estimate of drug-likeness (QED) is 0.264. The molecule has 3 aromatic rings. The standard InChI is InChI=1S/C32H34N2O7/c1-32(2,3)41-31(38)33-27(17-18-28(35)39-19-21-11-5-4-6-12-21)29(36)34-30(37)40-20-26-24-15-9-7-13-22(24)23-14-8-10-16-25(23)26/h4-16,26-27H,17-20H2,1-3H3,(H,33,38)(H,34,36,37). The predicted molar refractivity (Wildman–Crippen MR) is 152 cm³/mol. The van der Waals surface area contributed by atoms with Crippen LogP contribution < -0.4 is 10.6 Å². The van der Waals surface area contributed by atoms with Gasteiger partial charge in [-0.15, -0.1) is 0 Å². The number of hydrogen-bond acceptors (Lipinski definition) is 7. The number of fused-ring (bicyclic) bond motifs is 3. The van der Waals surface area contributed by atoms with Crippen LogP contribution in [0, 0.1) is 0 Å². The molecule has 41 heavy (non-hydrogen) atoms. The fraction of sp³-hybridized carbons (Fsp3) is 0.312. The van der Waals surface area contributed by atoms with Crippen molar-refractivity contribution in [2.45, 2.75) is 57.8 Å². The molecule has 0 heterocycles. The van der Waals surface area contributed by atoms with E-state index in [0.717, 1.165) is 27.8 Å². The average Bonchev–Trinajstić information content (AvgIpc) is 3.26. The molecule has 0 saturated carbocycles. The summed E-state index contributed by atoms with van der Waals surface area (Å²) in [5, 5.41) is 4.62. The molecule has 3 aromatic carbocycles. The minimum Gasteiger partial charge on any atom is -0.461 e. The van der Waals surface area contributed by atoms with Crippen LogP contribution in [0.15, 0.2) is 78.9 Å². The predicted octanol–water partition coefficient (Wildman–Crippen LogP) is 5.47. The van der Waals surface area contributed by atoms with Crippen molar-refractivity contribution in [3.63, 3.8) is 0 Å². The van der Waals surface area contributed by atoms with E-state index in [0.29, 0.717) is 0 Å². The SMILES string of the molecule is CC(C)(C)OC(=O)NC(CCC(=O)OCc1ccccc1)C(=O)NC(=O)OCC1c2ccccc2-c2ccccc21. The lowest BCUT2D eigenvalue weighted by atomic mass is 9.98. The van der Waals surface area contributed by atoms with Crippen LogP contribution in [0.1, 0.15) is 56.2 Å². The Morgan fingerprint density at radius 2 is 1.37 bits per heavy atom. The Hall–Kier alpha value is -4.66. The van der Waals surface area contributed by atoms with Gasteiger partial charge in [0.15, 0.2) is 0 Å². The summed E-state index contributed by atoms with van der Waals surface area (Å²) < 4.78 is 16.0. The molecule has 0 aromatic heterocycles. The highest BCUT2D eigenvalue weighted by Crippen LogP contribution is 2.44. The first-order valence-corrected chi connectivity index (χ1v) is 13.5. The molecule has 4 rings (SSSR count). The highest BCUT2D eigenvalue weighted by atomic mass is 16.6. The van der Waals surface area contributed by atoms with Crippen LogP contribution in [0.3, 0.4) is 0 Å². The first-order chi connectivity index (χ1) is 19.6. The van der Waals surface area contributed by atoms with Gasteiger partial charge in [0.1, 0.15) is 24.9 Å². The van der Waals surface area contributed by atoms with E-state index in [1.54, 1.807) is 20.8 Å². The second-order valence-corrected chi connectivity index (χ2v) is 10.7. The zero-order valence-electron chi connectivity index (χ0n) is 23.3. The summed E-state index contributed by atoms with van der Waals surface area (Å²) >= 11 is 0. The molecule has 2 N–H and O–H groups in total. The van der Waals surface area contributed by atoms with Gasteiger partial charge in [0, 0.05) is 12.3 Å². The Bertz CT molecular complexity index is 1350. The van der Waals surface area contributed by atoms with E-state index in [2.05, 4.69) is 10.6 Å². The topological polar surface area (TPSA) is 120 Å². The van der Waals surface area contributed by atoms with Crippen LogP contribution in [0.4, 0.5) is 9.59 Å². The third kappa shape index (κ3) is 8.17. The molecule has 0 bridgehead atoms. The number of alkyl carbamates (subject to hydrolysis) is 2. The molecule has 9 nitrogen and oxygen atoms in total. The van der Waals surface area contributed by atoms with Gasteiger partial charge >= 0.3 is 18.2 Å². The first-order valence-electron chi connectivity index (χ1n) is 13.5. The summed E-state index contributed by atoms with van der Waals surface area (Å²) in [7, 11) is 0. The van der Waals surface area contributed by atoms with Gasteiger partial charge in [-0.05, 0) is 55.0 Å². The lowest BCUT2D eigenvalue weighted by Crippen LogP contribution is -2.50. The number of benzene rings is 3. The van der Waals surface area contributed by atoms with Crippen molar-refractivity contribution < 1.29 is 33.4 Å². The van der Waals surface area contributed by atoms with Gasteiger partial charge in [-0.3, -0.25) is 14.9 Å². The summed E-state index contributed by atoms with van der Waals surface area (Å²) in [5.41, 5.74) is 4.23. The number of nitrogens with one attached hydrogen (secondary N) is 2. The zero-order valence-corrected chi connectivity index (χ0v) is 23.3. The average molecular weight is 559 g/mol. The molecule has 9 heteroatoms. The van der Waals surface area contributed by atoms with Crippen LogP contribution in [-0.2, 0) is 30.4 Å². The lowest BCUT2D eigenvalue weighted by Gasteiger charge is -2.23. The summed E-state index contributed by atoms with van der Waals surface area (Å²) in [6, 6.07) is 23.7. The molecule has 0 saturated heterocycles. The summed E-state index contributed by atoms with van der Waals surface area (Å²) in [5.74, 6) is -1.57. The largest absolute Gasteiger partial charge is 0.461 e. The van der Waals surface area contributed by atoms with Crippen molar-refractivity contribution in [1.82, 2.24) is 10.6 Å². The normalized spacial score (nSPS) is 12.9. The third-order valence-corrected chi connectivity index (χ3v) is 6.46. The highest BCUT2D eigenvalue weighted by molar-refractivity contribution is 5.96. The van der Waals surface area contributed by atoms with Gasteiger partial charge in [0.2, 0.25) is 0 Å². The third-order valence-electron chi connectivity index (χ3n) is 6.46. The number of esters is 1. The molecule has 3 amide bonds. The number of carbonyl (C=O) groups is 4. The summed E-state index contributed by atoms with van der Waals surface area (Å²) in [4.78, 5) is 50.4. The molecule has 0 fully saturated rings. The minimum absolute atomic E-state index is 0.0170. The van der Waals surface area contributed by atoms with E-state index < -0.39 is 35.7 Å². The monoisotopic (exact) mass is 558 g/mol. The van der Waals surface area contributed by atoms with Crippen LogP contribution in [0.2, 0.25) is 0 Å². The maximum Gasteiger partial charge on any atom is 0.413 e. The molecule has 0 radical (unpaired) electrons. The van der Waals surface area contributed by atoms with Gasteiger partial charge in [0.25, 0.3) is 5.91 Å². The molecule has 0 aliphatic heterocycles. The Morgan fingerprint density at radius 3 is 1.98 bits per heavy atom. The van der Waals surface area contributed by atoms with Crippen LogP contribution in [0.5, 0.6) is 0 Å². The molecular weight excluding hydrogens is 524 g/mol. The molecule has 1 unspecified atom stereocenters. The van der Waals surface area contributed by atoms with Gasteiger partial charge < -0.3 is 19.5 Å². The van der Waals surface area contributed by atoms with E-state index in [1.165, 1.54) is 0 Å². The van der Waals surface area contributed by atoms with E-state index in [4.69, 9.17) is 14.2 Å². The van der Waals surface area contributed by atoms with Gasteiger partial charge in [0.05, 0.1) is 0 Å².